The first-order valence-electron chi connectivity index (χ1n) is 9.90. The maximum absolute atomic E-state index is 12.8. The maximum atomic E-state index is 12.8. The molecule has 3 aliphatic rings. The van der Waals surface area contributed by atoms with Gasteiger partial charge in [0.15, 0.2) is 0 Å². The molecule has 1 aromatic heterocycles. The molecular weight excluding hydrogens is 344 g/mol. The van der Waals surface area contributed by atoms with Crippen LogP contribution >= 0.6 is 0 Å². The van der Waals surface area contributed by atoms with Gasteiger partial charge in [0, 0.05) is 45.2 Å². The van der Waals surface area contributed by atoms with Gasteiger partial charge < -0.3 is 15.0 Å². The first-order chi connectivity index (χ1) is 13.0. The van der Waals surface area contributed by atoms with Crippen LogP contribution in [-0.2, 0) is 15.0 Å². The Labute approximate surface area is 160 Å². The third kappa shape index (κ3) is 3.18. The summed E-state index contributed by atoms with van der Waals surface area (Å²) < 4.78 is 5.28. The Hall–Kier alpha value is -2.15. The summed E-state index contributed by atoms with van der Waals surface area (Å²) >= 11 is 0. The van der Waals surface area contributed by atoms with Crippen LogP contribution in [0.15, 0.2) is 12.1 Å². The quantitative estimate of drug-likeness (QED) is 0.857. The van der Waals surface area contributed by atoms with Gasteiger partial charge in [-0.15, -0.1) is 0 Å². The summed E-state index contributed by atoms with van der Waals surface area (Å²) in [6.07, 6.45) is 4.59. The zero-order valence-corrected chi connectivity index (χ0v) is 16.2. The zero-order valence-electron chi connectivity index (χ0n) is 16.2. The molecular formula is C20H28N4O3. The molecule has 146 valence electrons. The monoisotopic (exact) mass is 372 g/mol. The van der Waals surface area contributed by atoms with Crippen LogP contribution in [-0.4, -0.2) is 65.9 Å². The van der Waals surface area contributed by atoms with Crippen LogP contribution in [0.5, 0.6) is 5.88 Å². The standard InChI is InChI=1S/C20H28N4O3/c1-14(25)23-10-3-11-24(13-12-23)15-6-8-20(9-7-15)18-16(21-19(20)26)4-5-17(22-18)27-2/h4-5,15H,3,6-13H2,1-2H3,(H,21,26). The van der Waals surface area contributed by atoms with E-state index in [0.29, 0.717) is 11.9 Å². The smallest absolute Gasteiger partial charge is 0.236 e. The second kappa shape index (κ2) is 7.11. The number of carbonyl (C=O) groups is 2. The Kier molecular flexibility index (Phi) is 4.80. The lowest BCUT2D eigenvalue weighted by Gasteiger charge is -2.40. The molecule has 2 fully saturated rings. The fourth-order valence-corrected chi connectivity index (χ4v) is 4.91. The summed E-state index contributed by atoms with van der Waals surface area (Å²) in [4.78, 5) is 33.5. The highest BCUT2D eigenvalue weighted by atomic mass is 16.5. The molecule has 27 heavy (non-hydrogen) atoms. The van der Waals surface area contributed by atoms with E-state index >= 15 is 0 Å². The number of anilines is 1. The van der Waals surface area contributed by atoms with Gasteiger partial charge in [0.25, 0.3) is 0 Å². The van der Waals surface area contributed by atoms with Crippen LogP contribution in [0.3, 0.4) is 0 Å². The molecule has 7 heteroatoms. The van der Waals surface area contributed by atoms with E-state index in [1.54, 1.807) is 20.1 Å². The van der Waals surface area contributed by atoms with E-state index < -0.39 is 5.41 Å². The molecule has 1 saturated carbocycles. The fraction of sp³-hybridized carbons (Fsp3) is 0.650. The molecule has 0 aromatic carbocycles. The maximum Gasteiger partial charge on any atom is 0.236 e. The molecule has 0 radical (unpaired) electrons. The van der Waals surface area contributed by atoms with Crippen molar-refractivity contribution in [2.24, 2.45) is 0 Å². The van der Waals surface area contributed by atoms with Crippen molar-refractivity contribution in [3.63, 3.8) is 0 Å². The summed E-state index contributed by atoms with van der Waals surface area (Å²) in [6.45, 7) is 5.25. The topological polar surface area (TPSA) is 74.8 Å². The van der Waals surface area contributed by atoms with Crippen molar-refractivity contribution in [1.82, 2.24) is 14.8 Å². The first kappa shape index (κ1) is 18.2. The summed E-state index contributed by atoms with van der Waals surface area (Å²) in [5, 5.41) is 3.02. The number of pyridine rings is 1. The summed E-state index contributed by atoms with van der Waals surface area (Å²) in [5.41, 5.74) is 1.16. The van der Waals surface area contributed by atoms with E-state index in [0.717, 1.165) is 69.7 Å². The Morgan fingerprint density at radius 1 is 1.22 bits per heavy atom. The molecule has 4 rings (SSSR count). The Balaban J connectivity index is 1.46. The molecule has 1 aromatic rings. The second-order valence-corrected chi connectivity index (χ2v) is 7.91. The lowest BCUT2D eigenvalue weighted by molar-refractivity contribution is -0.128. The molecule has 1 aliphatic carbocycles. The summed E-state index contributed by atoms with van der Waals surface area (Å²) in [6, 6.07) is 4.16. The minimum absolute atomic E-state index is 0.0790. The van der Waals surface area contributed by atoms with Gasteiger partial charge in [-0.25, -0.2) is 4.98 Å². The minimum atomic E-state index is -0.516. The van der Waals surface area contributed by atoms with Gasteiger partial charge in [-0.2, -0.15) is 0 Å². The van der Waals surface area contributed by atoms with E-state index in [2.05, 4.69) is 15.2 Å². The van der Waals surface area contributed by atoms with Crippen molar-refractivity contribution < 1.29 is 14.3 Å². The SMILES string of the molecule is COc1ccc2c(n1)C1(CCC(N3CCCN(C(C)=O)CC3)CC1)C(=O)N2. The number of hydrogen-bond acceptors (Lipinski definition) is 5. The van der Waals surface area contributed by atoms with E-state index in [1.807, 2.05) is 11.0 Å². The number of amides is 2. The van der Waals surface area contributed by atoms with Crippen LogP contribution in [0.25, 0.3) is 0 Å². The normalized spacial score (nSPS) is 28.6. The van der Waals surface area contributed by atoms with Gasteiger partial charge in [0.1, 0.15) is 0 Å². The Morgan fingerprint density at radius 3 is 2.70 bits per heavy atom. The van der Waals surface area contributed by atoms with Crippen molar-refractivity contribution in [2.75, 3.05) is 38.6 Å². The molecule has 1 N–H and O–H groups in total. The minimum Gasteiger partial charge on any atom is -0.481 e. The highest BCUT2D eigenvalue weighted by Crippen LogP contribution is 2.47. The van der Waals surface area contributed by atoms with Gasteiger partial charge >= 0.3 is 0 Å². The number of aromatic nitrogens is 1. The van der Waals surface area contributed by atoms with Crippen molar-refractivity contribution >= 4 is 17.5 Å². The number of rotatable bonds is 2. The molecule has 7 nitrogen and oxygen atoms in total. The third-order valence-corrected chi connectivity index (χ3v) is 6.52. The number of hydrogen-bond donors (Lipinski definition) is 1. The molecule has 1 saturated heterocycles. The Bertz CT molecular complexity index is 743. The van der Waals surface area contributed by atoms with Crippen molar-refractivity contribution in [1.29, 1.82) is 0 Å². The second-order valence-electron chi connectivity index (χ2n) is 7.91. The van der Waals surface area contributed by atoms with Crippen molar-refractivity contribution in [2.45, 2.75) is 50.5 Å². The average Bonchev–Trinajstić information content (AvgIpc) is 2.84. The zero-order chi connectivity index (χ0) is 19.0. The van der Waals surface area contributed by atoms with Crippen LogP contribution in [0, 0.1) is 0 Å². The summed E-state index contributed by atoms with van der Waals surface area (Å²) in [7, 11) is 1.60. The number of nitrogens with zero attached hydrogens (tertiary/aromatic N) is 3. The third-order valence-electron chi connectivity index (χ3n) is 6.52. The van der Waals surface area contributed by atoms with Gasteiger partial charge in [-0.05, 0) is 38.2 Å². The highest BCUT2D eigenvalue weighted by Gasteiger charge is 2.50. The predicted molar refractivity (Wildman–Crippen MR) is 102 cm³/mol. The lowest BCUT2D eigenvalue weighted by Crippen LogP contribution is -2.46. The molecule has 2 aliphatic heterocycles. The molecule has 0 atom stereocenters. The van der Waals surface area contributed by atoms with Crippen LogP contribution in [0.4, 0.5) is 5.69 Å². The van der Waals surface area contributed by atoms with E-state index in [4.69, 9.17) is 4.74 Å². The Morgan fingerprint density at radius 2 is 2.00 bits per heavy atom. The number of nitrogens with one attached hydrogen (secondary N) is 1. The average molecular weight is 372 g/mol. The number of carbonyl (C=O) groups excluding carboxylic acids is 2. The van der Waals surface area contributed by atoms with Gasteiger partial charge in [-0.1, -0.05) is 0 Å². The van der Waals surface area contributed by atoms with Crippen molar-refractivity contribution in [3.05, 3.63) is 17.8 Å². The van der Waals surface area contributed by atoms with Crippen LogP contribution in [0.2, 0.25) is 0 Å². The van der Waals surface area contributed by atoms with E-state index in [1.165, 1.54) is 0 Å². The van der Waals surface area contributed by atoms with Gasteiger partial charge in [0.05, 0.1) is 23.9 Å². The van der Waals surface area contributed by atoms with Crippen LogP contribution < -0.4 is 10.1 Å². The largest absolute Gasteiger partial charge is 0.481 e. The predicted octanol–water partition coefficient (Wildman–Crippen LogP) is 1.78. The van der Waals surface area contributed by atoms with E-state index in [-0.39, 0.29) is 11.8 Å². The molecule has 0 unspecified atom stereocenters. The van der Waals surface area contributed by atoms with Gasteiger partial charge in [0.2, 0.25) is 17.7 Å². The molecule has 2 amide bonds. The highest BCUT2D eigenvalue weighted by molar-refractivity contribution is 6.05. The number of ether oxygens (including phenoxy) is 1. The van der Waals surface area contributed by atoms with E-state index in [9.17, 15) is 9.59 Å². The number of methoxy groups -OCH3 is 1. The summed E-state index contributed by atoms with van der Waals surface area (Å²) in [5.74, 6) is 0.803. The first-order valence-corrected chi connectivity index (χ1v) is 9.90. The van der Waals surface area contributed by atoms with Crippen molar-refractivity contribution in [3.8, 4) is 5.88 Å². The fourth-order valence-electron chi connectivity index (χ4n) is 4.91. The molecule has 1 spiro atoms. The van der Waals surface area contributed by atoms with Gasteiger partial charge in [-0.3, -0.25) is 14.5 Å². The molecule has 3 heterocycles. The molecule has 0 bridgehead atoms. The van der Waals surface area contributed by atoms with Crippen LogP contribution in [0.1, 0.15) is 44.7 Å². The number of fused-ring (bicyclic) bond motifs is 2. The lowest BCUT2D eigenvalue weighted by atomic mass is 9.70.